The average molecular weight is 306 g/mol. The molecule has 0 aromatic heterocycles. The van der Waals surface area contributed by atoms with Gasteiger partial charge in [0.05, 0.1) is 13.2 Å². The summed E-state index contributed by atoms with van der Waals surface area (Å²) in [7, 11) is 0. The Morgan fingerprint density at radius 3 is 2.59 bits per heavy atom. The molecular weight excluding hydrogens is 280 g/mol. The summed E-state index contributed by atoms with van der Waals surface area (Å²) in [5, 5.41) is 0. The van der Waals surface area contributed by atoms with Gasteiger partial charge in [-0.3, -0.25) is 4.79 Å². The lowest BCUT2D eigenvalue weighted by atomic mass is 10.2. The van der Waals surface area contributed by atoms with E-state index in [-0.39, 0.29) is 11.9 Å². The highest BCUT2D eigenvalue weighted by Crippen LogP contribution is 2.19. The van der Waals surface area contributed by atoms with Gasteiger partial charge in [0.1, 0.15) is 11.5 Å². The van der Waals surface area contributed by atoms with Crippen LogP contribution in [0.3, 0.4) is 0 Å². The van der Waals surface area contributed by atoms with E-state index in [4.69, 9.17) is 15.2 Å². The van der Waals surface area contributed by atoms with Gasteiger partial charge in [-0.25, -0.2) is 0 Å². The molecule has 1 atom stereocenters. The van der Waals surface area contributed by atoms with Gasteiger partial charge >= 0.3 is 0 Å². The zero-order valence-corrected chi connectivity index (χ0v) is 13.3. The number of ether oxygens (including phenoxy) is 2. The van der Waals surface area contributed by atoms with E-state index in [1.807, 2.05) is 36.1 Å². The third-order valence-electron chi connectivity index (χ3n) is 3.91. The lowest BCUT2D eigenvalue weighted by Crippen LogP contribution is -2.39. The lowest BCUT2D eigenvalue weighted by Gasteiger charge is -2.23. The first-order valence-electron chi connectivity index (χ1n) is 8.09. The Balaban J connectivity index is 1.67. The summed E-state index contributed by atoms with van der Waals surface area (Å²) in [6, 6.07) is 7.79. The summed E-state index contributed by atoms with van der Waals surface area (Å²) in [6.07, 6.45) is 3.34. The van der Waals surface area contributed by atoms with Gasteiger partial charge in [0, 0.05) is 25.6 Å². The van der Waals surface area contributed by atoms with Crippen molar-refractivity contribution in [2.45, 2.75) is 38.6 Å². The monoisotopic (exact) mass is 306 g/mol. The van der Waals surface area contributed by atoms with Crippen molar-refractivity contribution in [2.75, 3.05) is 26.3 Å². The number of nitrogens with two attached hydrogens (primary N) is 1. The van der Waals surface area contributed by atoms with Crippen LogP contribution in [-0.4, -0.2) is 43.2 Å². The third-order valence-corrected chi connectivity index (χ3v) is 3.91. The first-order chi connectivity index (χ1) is 10.7. The van der Waals surface area contributed by atoms with Gasteiger partial charge in [0.25, 0.3) is 0 Å². The molecule has 1 unspecified atom stereocenters. The minimum Gasteiger partial charge on any atom is -0.494 e. The molecule has 5 heteroatoms. The summed E-state index contributed by atoms with van der Waals surface area (Å²) >= 11 is 0. The molecule has 1 aliphatic heterocycles. The maximum absolute atomic E-state index is 12.1. The Hall–Kier alpha value is -1.75. The SMILES string of the molecule is CCOc1ccc(OCCCC(=O)N2CCCC2CN)cc1. The van der Waals surface area contributed by atoms with Crippen LogP contribution in [0, 0.1) is 0 Å². The molecule has 0 radical (unpaired) electrons. The highest BCUT2D eigenvalue weighted by atomic mass is 16.5. The fraction of sp³-hybridized carbons (Fsp3) is 0.588. The molecule has 1 aliphatic rings. The Labute approximate surface area is 132 Å². The van der Waals surface area contributed by atoms with Crippen molar-refractivity contribution in [1.29, 1.82) is 0 Å². The number of carbonyl (C=O) groups is 1. The molecule has 2 rings (SSSR count). The van der Waals surface area contributed by atoms with Crippen molar-refractivity contribution in [1.82, 2.24) is 4.90 Å². The van der Waals surface area contributed by atoms with Crippen LogP contribution < -0.4 is 15.2 Å². The third kappa shape index (κ3) is 4.63. The largest absolute Gasteiger partial charge is 0.494 e. The van der Waals surface area contributed by atoms with Gasteiger partial charge in [0.15, 0.2) is 0 Å². The van der Waals surface area contributed by atoms with E-state index < -0.39 is 0 Å². The smallest absolute Gasteiger partial charge is 0.222 e. The number of benzene rings is 1. The van der Waals surface area contributed by atoms with Gasteiger partial charge in [0.2, 0.25) is 5.91 Å². The minimum atomic E-state index is 0.197. The molecule has 1 aromatic carbocycles. The van der Waals surface area contributed by atoms with Crippen LogP contribution in [0.4, 0.5) is 0 Å². The molecule has 1 saturated heterocycles. The Morgan fingerprint density at radius 2 is 1.95 bits per heavy atom. The van der Waals surface area contributed by atoms with Crippen molar-refractivity contribution >= 4 is 5.91 Å². The normalized spacial score (nSPS) is 17.5. The van der Waals surface area contributed by atoms with Crippen molar-refractivity contribution in [2.24, 2.45) is 5.73 Å². The number of hydrogen-bond acceptors (Lipinski definition) is 4. The van der Waals surface area contributed by atoms with E-state index in [1.54, 1.807) is 0 Å². The molecule has 22 heavy (non-hydrogen) atoms. The standard InChI is InChI=1S/C17H26N2O3/c1-2-21-15-7-9-16(10-8-15)22-12-4-6-17(20)19-11-3-5-14(19)13-18/h7-10,14H,2-6,11-13,18H2,1H3. The minimum absolute atomic E-state index is 0.197. The Morgan fingerprint density at radius 1 is 1.27 bits per heavy atom. The fourth-order valence-corrected chi connectivity index (χ4v) is 2.76. The molecule has 5 nitrogen and oxygen atoms in total. The van der Waals surface area contributed by atoms with E-state index in [0.717, 1.165) is 37.3 Å². The highest BCUT2D eigenvalue weighted by molar-refractivity contribution is 5.76. The molecule has 1 amide bonds. The van der Waals surface area contributed by atoms with Crippen LogP contribution in [0.1, 0.15) is 32.6 Å². The predicted octanol–water partition coefficient (Wildman–Crippen LogP) is 2.19. The highest BCUT2D eigenvalue weighted by Gasteiger charge is 2.26. The summed E-state index contributed by atoms with van der Waals surface area (Å²) < 4.78 is 11.0. The maximum atomic E-state index is 12.1. The zero-order valence-electron chi connectivity index (χ0n) is 13.3. The lowest BCUT2D eigenvalue weighted by molar-refractivity contribution is -0.132. The summed E-state index contributed by atoms with van der Waals surface area (Å²) in [5.74, 6) is 1.84. The molecule has 1 aromatic rings. The van der Waals surface area contributed by atoms with E-state index in [0.29, 0.717) is 26.2 Å². The van der Waals surface area contributed by atoms with Gasteiger partial charge in [-0.2, -0.15) is 0 Å². The van der Waals surface area contributed by atoms with Crippen LogP contribution >= 0.6 is 0 Å². The molecule has 0 aliphatic carbocycles. The second-order valence-electron chi connectivity index (χ2n) is 5.48. The molecule has 1 heterocycles. The van der Waals surface area contributed by atoms with Gasteiger partial charge in [-0.15, -0.1) is 0 Å². The zero-order chi connectivity index (χ0) is 15.8. The summed E-state index contributed by atoms with van der Waals surface area (Å²) in [5.41, 5.74) is 5.70. The molecule has 0 saturated carbocycles. The number of hydrogen-bond donors (Lipinski definition) is 1. The molecule has 122 valence electrons. The van der Waals surface area contributed by atoms with Crippen LogP contribution in [0.2, 0.25) is 0 Å². The van der Waals surface area contributed by atoms with Crippen molar-refractivity contribution in [3.63, 3.8) is 0 Å². The number of carbonyl (C=O) groups excluding carboxylic acids is 1. The van der Waals surface area contributed by atoms with Crippen molar-refractivity contribution in [3.8, 4) is 11.5 Å². The van der Waals surface area contributed by atoms with Gasteiger partial charge in [-0.05, 0) is 50.5 Å². The molecule has 2 N–H and O–H groups in total. The number of rotatable bonds is 8. The quantitative estimate of drug-likeness (QED) is 0.748. The second kappa shape index (κ2) is 8.63. The molecule has 0 spiro atoms. The van der Waals surface area contributed by atoms with Crippen molar-refractivity contribution < 1.29 is 14.3 Å². The van der Waals surface area contributed by atoms with Crippen LogP contribution in [0.25, 0.3) is 0 Å². The van der Waals surface area contributed by atoms with Crippen LogP contribution in [-0.2, 0) is 4.79 Å². The predicted molar refractivity (Wildman–Crippen MR) is 86.1 cm³/mol. The number of amides is 1. The Kier molecular flexibility index (Phi) is 6.52. The fourth-order valence-electron chi connectivity index (χ4n) is 2.76. The number of nitrogens with zero attached hydrogens (tertiary/aromatic N) is 1. The van der Waals surface area contributed by atoms with E-state index in [2.05, 4.69) is 0 Å². The Bertz CT molecular complexity index is 461. The first kappa shape index (κ1) is 16.6. The van der Waals surface area contributed by atoms with Crippen LogP contribution in [0.5, 0.6) is 11.5 Å². The van der Waals surface area contributed by atoms with Gasteiger partial charge in [-0.1, -0.05) is 0 Å². The van der Waals surface area contributed by atoms with E-state index in [1.165, 1.54) is 0 Å². The topological polar surface area (TPSA) is 64.8 Å². The molecule has 0 bridgehead atoms. The van der Waals surface area contributed by atoms with E-state index >= 15 is 0 Å². The summed E-state index contributed by atoms with van der Waals surface area (Å²) in [6.45, 7) is 4.56. The average Bonchev–Trinajstić information content (AvgIpc) is 3.02. The molecule has 1 fully saturated rings. The molecular formula is C17H26N2O3. The van der Waals surface area contributed by atoms with Crippen LogP contribution in [0.15, 0.2) is 24.3 Å². The van der Waals surface area contributed by atoms with Crippen molar-refractivity contribution in [3.05, 3.63) is 24.3 Å². The summed E-state index contributed by atoms with van der Waals surface area (Å²) in [4.78, 5) is 14.1. The van der Waals surface area contributed by atoms with E-state index in [9.17, 15) is 4.79 Å². The maximum Gasteiger partial charge on any atom is 0.222 e. The number of likely N-dealkylation sites (tertiary alicyclic amines) is 1. The van der Waals surface area contributed by atoms with Gasteiger partial charge < -0.3 is 20.1 Å². The second-order valence-corrected chi connectivity index (χ2v) is 5.48. The first-order valence-corrected chi connectivity index (χ1v) is 8.09.